The number of esters is 1. The van der Waals surface area contributed by atoms with Crippen LogP contribution in [0.3, 0.4) is 0 Å². The molecule has 7 nitrogen and oxygen atoms in total. The summed E-state index contributed by atoms with van der Waals surface area (Å²) in [5.41, 5.74) is 2.65. The highest BCUT2D eigenvalue weighted by atomic mass is 16.5. The SMILES string of the molecule is C=C(C(=O)OC)[C@@H]1CC[C@H](C)[C@H]2C(=C(C)C(=O)[C@@H]2[C@@H](O)c2cc(OC)c(OC)c(OC)c2)C1. The van der Waals surface area contributed by atoms with Gasteiger partial charge in [-0.25, -0.2) is 4.79 Å². The molecule has 2 aliphatic rings. The Morgan fingerprint density at radius 1 is 1.09 bits per heavy atom. The predicted octanol–water partition coefficient (Wildman–Crippen LogP) is 4.04. The van der Waals surface area contributed by atoms with Crippen molar-refractivity contribution in [3.8, 4) is 17.2 Å². The van der Waals surface area contributed by atoms with E-state index in [-0.39, 0.29) is 23.5 Å². The Balaban J connectivity index is 1.99. The maximum Gasteiger partial charge on any atom is 0.333 e. The van der Waals surface area contributed by atoms with E-state index in [9.17, 15) is 14.7 Å². The molecular weight excluding hydrogens is 424 g/mol. The first-order valence-electron chi connectivity index (χ1n) is 11.2. The normalized spacial score (nSPS) is 25.7. The minimum absolute atomic E-state index is 0.0626. The molecule has 1 saturated carbocycles. The monoisotopic (exact) mass is 458 g/mol. The van der Waals surface area contributed by atoms with Crippen LogP contribution in [-0.4, -0.2) is 45.3 Å². The highest BCUT2D eigenvalue weighted by Gasteiger charge is 2.48. The lowest BCUT2D eigenvalue weighted by molar-refractivity contribution is -0.136. The van der Waals surface area contributed by atoms with Gasteiger partial charge >= 0.3 is 5.97 Å². The Morgan fingerprint density at radius 2 is 1.70 bits per heavy atom. The Hall–Kier alpha value is -2.80. The molecule has 0 aromatic heterocycles. The van der Waals surface area contributed by atoms with Crippen molar-refractivity contribution in [1.29, 1.82) is 0 Å². The summed E-state index contributed by atoms with van der Waals surface area (Å²) in [6, 6.07) is 3.38. The number of benzene rings is 1. The summed E-state index contributed by atoms with van der Waals surface area (Å²) in [5, 5.41) is 11.5. The van der Waals surface area contributed by atoms with E-state index >= 15 is 0 Å². The summed E-state index contributed by atoms with van der Waals surface area (Å²) in [6.45, 7) is 7.89. The highest BCUT2D eigenvalue weighted by Crippen LogP contribution is 2.52. The van der Waals surface area contributed by atoms with Gasteiger partial charge in [0.15, 0.2) is 17.3 Å². The van der Waals surface area contributed by atoms with Gasteiger partial charge < -0.3 is 24.1 Å². The minimum atomic E-state index is -1.05. The number of fused-ring (bicyclic) bond motifs is 1. The van der Waals surface area contributed by atoms with Gasteiger partial charge in [-0.1, -0.05) is 19.1 Å². The second-order valence-corrected chi connectivity index (χ2v) is 8.94. The number of allylic oxidation sites excluding steroid dienone is 2. The molecule has 0 radical (unpaired) electrons. The Kier molecular flexibility index (Phi) is 7.52. The molecule has 180 valence electrons. The maximum atomic E-state index is 13.4. The van der Waals surface area contributed by atoms with Gasteiger partial charge in [0.05, 0.1) is 40.5 Å². The Labute approximate surface area is 195 Å². The number of hydrogen-bond acceptors (Lipinski definition) is 7. The second kappa shape index (κ2) is 10.00. The third-order valence-electron chi connectivity index (χ3n) is 7.30. The average Bonchev–Trinajstić information content (AvgIpc) is 2.96. The van der Waals surface area contributed by atoms with Crippen LogP contribution in [-0.2, 0) is 14.3 Å². The van der Waals surface area contributed by atoms with Crippen molar-refractivity contribution in [2.45, 2.75) is 39.2 Å². The summed E-state index contributed by atoms with van der Waals surface area (Å²) < 4.78 is 21.1. The van der Waals surface area contributed by atoms with E-state index in [1.54, 1.807) is 12.1 Å². The van der Waals surface area contributed by atoms with Crippen LogP contribution in [0.1, 0.15) is 44.8 Å². The third-order valence-corrected chi connectivity index (χ3v) is 7.30. The van der Waals surface area contributed by atoms with Crippen LogP contribution in [0.2, 0.25) is 0 Å². The van der Waals surface area contributed by atoms with Crippen LogP contribution in [0.4, 0.5) is 0 Å². The molecule has 0 heterocycles. The summed E-state index contributed by atoms with van der Waals surface area (Å²) in [5.74, 6) is 0.114. The summed E-state index contributed by atoms with van der Waals surface area (Å²) >= 11 is 0. The minimum Gasteiger partial charge on any atom is -0.493 e. The van der Waals surface area contributed by atoms with Gasteiger partial charge in [0.2, 0.25) is 5.75 Å². The quantitative estimate of drug-likeness (QED) is 0.487. The Morgan fingerprint density at radius 3 is 2.21 bits per heavy atom. The van der Waals surface area contributed by atoms with Crippen molar-refractivity contribution < 1.29 is 33.6 Å². The van der Waals surface area contributed by atoms with E-state index < -0.39 is 18.0 Å². The number of ether oxygens (including phenoxy) is 4. The number of aliphatic hydroxyl groups is 1. The topological polar surface area (TPSA) is 91.3 Å². The van der Waals surface area contributed by atoms with E-state index in [0.717, 1.165) is 18.4 Å². The smallest absolute Gasteiger partial charge is 0.333 e. The van der Waals surface area contributed by atoms with Crippen molar-refractivity contribution in [3.05, 3.63) is 41.0 Å². The van der Waals surface area contributed by atoms with Crippen LogP contribution in [0.25, 0.3) is 0 Å². The molecule has 0 amide bonds. The van der Waals surface area contributed by atoms with Crippen LogP contribution < -0.4 is 14.2 Å². The lowest BCUT2D eigenvalue weighted by Crippen LogP contribution is -2.29. The van der Waals surface area contributed by atoms with Crippen LogP contribution in [0.15, 0.2) is 35.4 Å². The number of rotatable bonds is 7. The van der Waals surface area contributed by atoms with Gasteiger partial charge in [-0.3, -0.25) is 4.79 Å². The molecule has 5 atom stereocenters. The van der Waals surface area contributed by atoms with Gasteiger partial charge in [0.25, 0.3) is 0 Å². The number of aliphatic hydroxyl groups excluding tert-OH is 1. The van der Waals surface area contributed by atoms with Gasteiger partial charge in [-0.05, 0) is 67.2 Å². The van der Waals surface area contributed by atoms with E-state index in [4.69, 9.17) is 18.9 Å². The van der Waals surface area contributed by atoms with Gasteiger partial charge in [0, 0.05) is 5.57 Å². The van der Waals surface area contributed by atoms with Gasteiger partial charge in [-0.2, -0.15) is 0 Å². The van der Waals surface area contributed by atoms with Gasteiger partial charge in [0.1, 0.15) is 0 Å². The number of carbonyl (C=O) groups is 2. The van der Waals surface area contributed by atoms with Gasteiger partial charge in [-0.15, -0.1) is 0 Å². The number of carbonyl (C=O) groups excluding carboxylic acids is 2. The fourth-order valence-corrected chi connectivity index (χ4v) is 5.45. The molecule has 0 aliphatic heterocycles. The molecule has 0 saturated heterocycles. The Bertz CT molecular complexity index is 952. The predicted molar refractivity (Wildman–Crippen MR) is 123 cm³/mol. The van der Waals surface area contributed by atoms with Crippen LogP contribution in [0, 0.1) is 23.7 Å². The second-order valence-electron chi connectivity index (χ2n) is 8.94. The molecular formula is C26H34O7. The summed E-state index contributed by atoms with van der Waals surface area (Å²) in [6.07, 6.45) is 1.11. The molecule has 0 bridgehead atoms. The average molecular weight is 459 g/mol. The first-order chi connectivity index (χ1) is 15.7. The van der Waals surface area contributed by atoms with E-state index in [0.29, 0.717) is 40.4 Å². The standard InChI is InChI=1S/C26H34O7/c1-13-8-9-16(14(2)26(29)33-7)10-18-15(3)23(27)22(21(13)18)24(28)17-11-19(30-4)25(32-6)20(12-17)31-5/h11-13,16,21-22,24,28H,2,8-10H2,1,3-7H3/t13-,16+,21-,22+,24-/m0/s1. The van der Waals surface area contributed by atoms with E-state index in [1.165, 1.54) is 28.4 Å². The zero-order chi connectivity index (χ0) is 24.4. The lowest BCUT2D eigenvalue weighted by atomic mass is 9.76. The first-order valence-corrected chi connectivity index (χ1v) is 11.2. The van der Waals surface area contributed by atoms with Crippen molar-refractivity contribution >= 4 is 11.8 Å². The summed E-state index contributed by atoms with van der Waals surface area (Å²) in [4.78, 5) is 25.5. The molecule has 1 fully saturated rings. The molecule has 1 aromatic rings. The number of ketones is 1. The van der Waals surface area contributed by atoms with E-state index in [2.05, 4.69) is 13.5 Å². The third kappa shape index (κ3) is 4.38. The van der Waals surface area contributed by atoms with Crippen molar-refractivity contribution in [1.82, 2.24) is 0 Å². The summed E-state index contributed by atoms with van der Waals surface area (Å²) in [7, 11) is 5.89. The molecule has 2 aliphatic carbocycles. The molecule has 1 N–H and O–H groups in total. The lowest BCUT2D eigenvalue weighted by Gasteiger charge is -2.30. The highest BCUT2D eigenvalue weighted by molar-refractivity contribution is 6.01. The van der Waals surface area contributed by atoms with Crippen LogP contribution >= 0.6 is 0 Å². The van der Waals surface area contributed by atoms with Crippen molar-refractivity contribution in [2.75, 3.05) is 28.4 Å². The fourth-order valence-electron chi connectivity index (χ4n) is 5.45. The molecule has 1 aromatic carbocycles. The van der Waals surface area contributed by atoms with E-state index in [1.807, 2.05) is 6.92 Å². The molecule has 0 spiro atoms. The number of Topliss-reactive ketones (excluding diaryl/α,β-unsaturated/α-hetero) is 1. The van der Waals surface area contributed by atoms with Crippen molar-refractivity contribution in [3.63, 3.8) is 0 Å². The molecule has 7 heteroatoms. The zero-order valence-electron chi connectivity index (χ0n) is 20.3. The number of hydrogen-bond donors (Lipinski definition) is 1. The molecule has 33 heavy (non-hydrogen) atoms. The largest absolute Gasteiger partial charge is 0.493 e. The number of methoxy groups -OCH3 is 4. The molecule has 0 unspecified atom stereocenters. The first kappa shape index (κ1) is 24.8. The maximum absolute atomic E-state index is 13.4. The molecule has 3 rings (SSSR count). The van der Waals surface area contributed by atoms with Crippen LogP contribution in [0.5, 0.6) is 17.2 Å². The fraction of sp³-hybridized carbons (Fsp3) is 0.538. The zero-order valence-corrected chi connectivity index (χ0v) is 20.3. The van der Waals surface area contributed by atoms with Crippen molar-refractivity contribution in [2.24, 2.45) is 23.7 Å².